The SMILES string of the molecule is Cc1nnc(NC(=O)c2nnc(CCC(=O)NC(C)CCc3ccccc3)s2)s1. The maximum atomic E-state index is 12.2. The molecule has 2 aromatic heterocycles. The number of nitrogens with one attached hydrogen (secondary N) is 2. The summed E-state index contributed by atoms with van der Waals surface area (Å²) in [6, 6.07) is 10.3. The number of hydrogen-bond acceptors (Lipinski definition) is 8. The Kier molecular flexibility index (Phi) is 7.36. The highest BCUT2D eigenvalue weighted by molar-refractivity contribution is 7.15. The molecule has 3 aromatic rings. The lowest BCUT2D eigenvalue weighted by molar-refractivity contribution is -0.121. The summed E-state index contributed by atoms with van der Waals surface area (Å²) >= 11 is 2.47. The number of nitrogens with zero attached hydrogens (tertiary/aromatic N) is 4. The maximum Gasteiger partial charge on any atom is 0.288 e. The average Bonchev–Trinajstić information content (AvgIpc) is 3.34. The van der Waals surface area contributed by atoms with Crippen molar-refractivity contribution in [2.75, 3.05) is 5.32 Å². The van der Waals surface area contributed by atoms with Crippen LogP contribution in [-0.2, 0) is 17.6 Å². The minimum atomic E-state index is -0.371. The Labute approximate surface area is 176 Å². The normalized spacial score (nSPS) is 11.8. The van der Waals surface area contributed by atoms with Gasteiger partial charge < -0.3 is 5.32 Å². The second-order valence-corrected chi connectivity index (χ2v) is 8.82. The minimum Gasteiger partial charge on any atom is -0.354 e. The maximum absolute atomic E-state index is 12.2. The summed E-state index contributed by atoms with van der Waals surface area (Å²) in [5.41, 5.74) is 1.26. The molecule has 0 spiro atoms. The highest BCUT2D eigenvalue weighted by Gasteiger charge is 2.16. The van der Waals surface area contributed by atoms with Crippen molar-refractivity contribution in [2.45, 2.75) is 45.6 Å². The van der Waals surface area contributed by atoms with Gasteiger partial charge in [0.25, 0.3) is 5.91 Å². The van der Waals surface area contributed by atoms with E-state index in [1.807, 2.05) is 32.0 Å². The second-order valence-electron chi connectivity index (χ2n) is 6.57. The minimum absolute atomic E-state index is 0.0314. The predicted octanol–water partition coefficient (Wildman–Crippen LogP) is 3.02. The third-order valence-corrected chi connectivity index (χ3v) is 5.83. The zero-order valence-electron chi connectivity index (χ0n) is 16.2. The lowest BCUT2D eigenvalue weighted by Gasteiger charge is -2.13. The monoisotopic (exact) mass is 430 g/mol. The number of hydrogen-bond donors (Lipinski definition) is 2. The van der Waals surface area contributed by atoms with Crippen molar-refractivity contribution in [1.29, 1.82) is 0 Å². The Balaban J connectivity index is 1.40. The highest BCUT2D eigenvalue weighted by atomic mass is 32.1. The zero-order valence-corrected chi connectivity index (χ0v) is 17.8. The molecule has 1 aromatic carbocycles. The topological polar surface area (TPSA) is 110 Å². The van der Waals surface area contributed by atoms with Crippen LogP contribution in [0.3, 0.4) is 0 Å². The molecule has 0 aliphatic rings. The smallest absolute Gasteiger partial charge is 0.288 e. The molecule has 3 rings (SSSR count). The number of amides is 2. The number of anilines is 1. The molecule has 29 heavy (non-hydrogen) atoms. The molecule has 152 valence electrons. The molecule has 1 unspecified atom stereocenters. The van der Waals surface area contributed by atoms with E-state index >= 15 is 0 Å². The molecule has 0 saturated carbocycles. The van der Waals surface area contributed by atoms with Crippen molar-refractivity contribution in [2.24, 2.45) is 0 Å². The van der Waals surface area contributed by atoms with Crippen LogP contribution in [0.5, 0.6) is 0 Å². The van der Waals surface area contributed by atoms with E-state index in [2.05, 4.69) is 43.2 Å². The fourth-order valence-corrected chi connectivity index (χ4v) is 3.93. The molecule has 0 fully saturated rings. The standard InChI is InChI=1S/C19H22N6O2S2/c1-12(8-9-14-6-4-3-5-7-14)20-15(26)10-11-16-23-24-18(29-16)17(27)21-19-25-22-13(2)28-19/h3-7,12H,8-11H2,1-2H3,(H,20,26)(H,21,25,27). The summed E-state index contributed by atoms with van der Waals surface area (Å²) in [6.45, 7) is 3.81. The van der Waals surface area contributed by atoms with Crippen LogP contribution in [0.25, 0.3) is 0 Å². The van der Waals surface area contributed by atoms with Gasteiger partial charge in [-0.25, -0.2) is 0 Å². The summed E-state index contributed by atoms with van der Waals surface area (Å²) in [6.07, 6.45) is 2.55. The first-order valence-corrected chi connectivity index (χ1v) is 10.9. The molecule has 0 radical (unpaired) electrons. The van der Waals surface area contributed by atoms with E-state index in [0.717, 1.165) is 17.8 Å². The Morgan fingerprint density at radius 2 is 1.83 bits per heavy atom. The van der Waals surface area contributed by atoms with Gasteiger partial charge in [0.05, 0.1) is 0 Å². The molecule has 0 bridgehead atoms. The van der Waals surface area contributed by atoms with Gasteiger partial charge in [0, 0.05) is 18.9 Å². The lowest BCUT2D eigenvalue weighted by Crippen LogP contribution is -2.33. The number of carbonyl (C=O) groups is 2. The van der Waals surface area contributed by atoms with E-state index in [1.54, 1.807) is 0 Å². The fraction of sp³-hybridized carbons (Fsp3) is 0.368. The van der Waals surface area contributed by atoms with Crippen LogP contribution in [0.4, 0.5) is 5.13 Å². The van der Waals surface area contributed by atoms with E-state index in [0.29, 0.717) is 23.0 Å². The number of benzene rings is 1. The van der Waals surface area contributed by atoms with Gasteiger partial charge >= 0.3 is 0 Å². The van der Waals surface area contributed by atoms with Crippen LogP contribution in [0.2, 0.25) is 0 Å². The summed E-state index contributed by atoms with van der Waals surface area (Å²) in [7, 11) is 0. The summed E-state index contributed by atoms with van der Waals surface area (Å²) < 4.78 is 0. The second kappa shape index (κ2) is 10.2. The van der Waals surface area contributed by atoms with E-state index in [-0.39, 0.29) is 22.9 Å². The van der Waals surface area contributed by atoms with Crippen LogP contribution in [0.15, 0.2) is 30.3 Å². The van der Waals surface area contributed by atoms with Crippen LogP contribution < -0.4 is 10.6 Å². The van der Waals surface area contributed by atoms with Gasteiger partial charge in [0.2, 0.25) is 16.0 Å². The quantitative estimate of drug-likeness (QED) is 0.540. The lowest BCUT2D eigenvalue weighted by atomic mass is 10.1. The molecule has 0 saturated heterocycles. The first kappa shape index (κ1) is 21.0. The van der Waals surface area contributed by atoms with Crippen LogP contribution >= 0.6 is 22.7 Å². The summed E-state index contributed by atoms with van der Waals surface area (Å²) in [5.74, 6) is -0.403. The van der Waals surface area contributed by atoms with Crippen LogP contribution in [0, 0.1) is 6.92 Å². The molecule has 10 heteroatoms. The average molecular weight is 431 g/mol. The van der Waals surface area contributed by atoms with E-state index in [4.69, 9.17) is 0 Å². The third kappa shape index (κ3) is 6.68. The van der Waals surface area contributed by atoms with Crippen molar-refractivity contribution in [3.8, 4) is 0 Å². The van der Waals surface area contributed by atoms with E-state index < -0.39 is 0 Å². The Bertz CT molecular complexity index is 957. The summed E-state index contributed by atoms with van der Waals surface area (Å²) in [4.78, 5) is 24.3. The predicted molar refractivity (Wildman–Crippen MR) is 113 cm³/mol. The van der Waals surface area contributed by atoms with Crippen LogP contribution in [-0.4, -0.2) is 38.3 Å². The molecular weight excluding hydrogens is 408 g/mol. The Morgan fingerprint density at radius 1 is 1.03 bits per heavy atom. The van der Waals surface area contributed by atoms with Gasteiger partial charge in [-0.05, 0) is 32.3 Å². The molecule has 2 N–H and O–H groups in total. The molecular formula is C19H22N6O2S2. The number of aryl methyl sites for hydroxylation is 3. The van der Waals surface area contributed by atoms with Gasteiger partial charge in [-0.2, -0.15) is 0 Å². The number of aromatic nitrogens is 4. The first-order valence-electron chi connectivity index (χ1n) is 9.26. The largest absolute Gasteiger partial charge is 0.354 e. The van der Waals surface area contributed by atoms with Gasteiger partial charge in [-0.3, -0.25) is 14.9 Å². The Morgan fingerprint density at radius 3 is 2.55 bits per heavy atom. The molecule has 8 nitrogen and oxygen atoms in total. The van der Waals surface area contributed by atoms with E-state index in [1.165, 1.54) is 28.2 Å². The van der Waals surface area contributed by atoms with Crippen molar-refractivity contribution in [3.63, 3.8) is 0 Å². The first-order chi connectivity index (χ1) is 14.0. The fourth-order valence-electron chi connectivity index (χ4n) is 2.61. The molecule has 2 heterocycles. The number of carbonyl (C=O) groups excluding carboxylic acids is 2. The molecule has 0 aliphatic carbocycles. The van der Waals surface area contributed by atoms with E-state index in [9.17, 15) is 9.59 Å². The van der Waals surface area contributed by atoms with Crippen molar-refractivity contribution >= 4 is 39.6 Å². The van der Waals surface area contributed by atoms with Gasteiger partial charge in [-0.15, -0.1) is 20.4 Å². The molecule has 1 atom stereocenters. The highest BCUT2D eigenvalue weighted by Crippen LogP contribution is 2.17. The van der Waals surface area contributed by atoms with Crippen LogP contribution in [0.1, 0.15) is 45.1 Å². The number of rotatable bonds is 9. The van der Waals surface area contributed by atoms with Gasteiger partial charge in [0.15, 0.2) is 0 Å². The van der Waals surface area contributed by atoms with Crippen molar-refractivity contribution < 1.29 is 9.59 Å². The van der Waals surface area contributed by atoms with Crippen molar-refractivity contribution in [1.82, 2.24) is 25.7 Å². The van der Waals surface area contributed by atoms with Crippen molar-refractivity contribution in [3.05, 3.63) is 50.9 Å². The Hall–Kier alpha value is -2.72. The summed E-state index contributed by atoms with van der Waals surface area (Å²) in [5, 5.41) is 23.3. The van der Waals surface area contributed by atoms with Gasteiger partial charge in [0.1, 0.15) is 10.0 Å². The third-order valence-electron chi connectivity index (χ3n) is 4.09. The molecule has 2 amide bonds. The van der Waals surface area contributed by atoms with Gasteiger partial charge in [-0.1, -0.05) is 53.0 Å². The molecule has 0 aliphatic heterocycles. The zero-order chi connectivity index (χ0) is 20.6.